The third-order valence-corrected chi connectivity index (χ3v) is 2.79. The van der Waals surface area contributed by atoms with Crippen molar-refractivity contribution in [3.8, 4) is 0 Å². The molecule has 1 heterocycles. The number of fused-ring (bicyclic) bond motifs is 1. The maximum Gasteiger partial charge on any atom is 0.136 e. The Labute approximate surface area is 91.9 Å². The van der Waals surface area contributed by atoms with E-state index in [4.69, 9.17) is 12.3 Å². The Balaban J connectivity index is 2.71. The quantitative estimate of drug-likeness (QED) is 0.669. The molecule has 0 amide bonds. The summed E-state index contributed by atoms with van der Waals surface area (Å²) in [5.41, 5.74) is 3.35. The van der Waals surface area contributed by atoms with Gasteiger partial charge >= 0.3 is 0 Å². The molecular weight excluding hydrogens is 183 g/mol. The summed E-state index contributed by atoms with van der Waals surface area (Å²) >= 11 is 0. The van der Waals surface area contributed by atoms with Gasteiger partial charge in [0, 0.05) is 5.39 Å². The van der Waals surface area contributed by atoms with Crippen LogP contribution in [0.3, 0.4) is 0 Å². The van der Waals surface area contributed by atoms with E-state index in [1.54, 1.807) is 6.26 Å². The molecule has 0 aliphatic carbocycles. The third kappa shape index (κ3) is 1.69. The first-order valence-electron chi connectivity index (χ1n) is 5.37. The van der Waals surface area contributed by atoms with Crippen LogP contribution in [0, 0.1) is 0 Å². The highest BCUT2D eigenvalue weighted by Gasteiger charge is 2.12. The number of hydrogen-bond acceptors (Lipinski definition) is 1. The van der Waals surface area contributed by atoms with E-state index < -0.39 is 0 Å². The molecule has 0 aliphatic rings. The molecule has 1 aromatic heterocycles. The SMILES string of the molecule is [B]C(C)c1ccc(C(C)C)c2ccoc12. The Kier molecular flexibility index (Phi) is 2.60. The average molecular weight is 198 g/mol. The van der Waals surface area contributed by atoms with Crippen LogP contribution in [-0.4, -0.2) is 7.85 Å². The Hall–Kier alpha value is -1.18. The van der Waals surface area contributed by atoms with Crippen molar-refractivity contribution in [2.75, 3.05) is 0 Å². The van der Waals surface area contributed by atoms with E-state index in [1.165, 1.54) is 10.9 Å². The highest BCUT2D eigenvalue weighted by atomic mass is 16.3. The van der Waals surface area contributed by atoms with Crippen molar-refractivity contribution in [3.63, 3.8) is 0 Å². The molecule has 2 rings (SSSR count). The molecule has 0 N–H and O–H groups in total. The molecule has 0 saturated heterocycles. The van der Waals surface area contributed by atoms with Crippen molar-refractivity contribution in [1.82, 2.24) is 0 Å². The smallest absolute Gasteiger partial charge is 0.136 e. The Bertz CT molecular complexity index is 426. The fourth-order valence-electron chi connectivity index (χ4n) is 1.97. The fourth-order valence-corrected chi connectivity index (χ4v) is 1.97. The summed E-state index contributed by atoms with van der Waals surface area (Å²) in [7, 11) is 5.91. The molecule has 1 aromatic carbocycles. The number of furan rings is 1. The Morgan fingerprint density at radius 2 is 1.73 bits per heavy atom. The van der Waals surface area contributed by atoms with Gasteiger partial charge in [-0.15, -0.1) is 0 Å². The summed E-state index contributed by atoms with van der Waals surface area (Å²) < 4.78 is 5.52. The zero-order valence-electron chi connectivity index (χ0n) is 9.45. The summed E-state index contributed by atoms with van der Waals surface area (Å²) in [5, 5.41) is 1.19. The van der Waals surface area contributed by atoms with Crippen LogP contribution < -0.4 is 0 Å². The molecule has 0 saturated carbocycles. The van der Waals surface area contributed by atoms with Crippen LogP contribution in [0.5, 0.6) is 0 Å². The minimum atomic E-state index is 0.0138. The standard InChI is InChI=1S/C13H15BO/c1-8(2)10-4-5-11(9(3)14)13-12(10)6-7-15-13/h4-9H,1-3H3. The summed E-state index contributed by atoms with van der Waals surface area (Å²) in [6.45, 7) is 6.35. The maximum absolute atomic E-state index is 5.91. The lowest BCUT2D eigenvalue weighted by Crippen LogP contribution is -1.95. The Morgan fingerprint density at radius 1 is 1.07 bits per heavy atom. The molecule has 0 fully saturated rings. The molecule has 0 aliphatic heterocycles. The summed E-state index contributed by atoms with van der Waals surface area (Å²) in [6, 6.07) is 6.25. The van der Waals surface area contributed by atoms with E-state index in [1.807, 2.05) is 13.0 Å². The number of rotatable bonds is 2. The molecule has 2 aromatic rings. The van der Waals surface area contributed by atoms with Crippen molar-refractivity contribution < 1.29 is 4.42 Å². The van der Waals surface area contributed by atoms with Gasteiger partial charge < -0.3 is 4.42 Å². The van der Waals surface area contributed by atoms with Crippen LogP contribution in [0.15, 0.2) is 28.9 Å². The van der Waals surface area contributed by atoms with E-state index in [9.17, 15) is 0 Å². The van der Waals surface area contributed by atoms with Gasteiger partial charge in [-0.3, -0.25) is 0 Å². The lowest BCUT2D eigenvalue weighted by atomic mass is 9.81. The number of hydrogen-bond donors (Lipinski definition) is 0. The minimum absolute atomic E-state index is 0.0138. The van der Waals surface area contributed by atoms with Gasteiger partial charge in [0.1, 0.15) is 5.58 Å². The molecule has 0 spiro atoms. The van der Waals surface area contributed by atoms with Crippen LogP contribution in [0.1, 0.15) is 43.6 Å². The van der Waals surface area contributed by atoms with Gasteiger partial charge in [0.05, 0.1) is 14.1 Å². The lowest BCUT2D eigenvalue weighted by molar-refractivity contribution is 0.610. The maximum atomic E-state index is 5.91. The molecule has 76 valence electrons. The molecule has 1 unspecified atom stereocenters. The van der Waals surface area contributed by atoms with Crippen LogP contribution in [0.25, 0.3) is 11.0 Å². The van der Waals surface area contributed by atoms with Crippen molar-refractivity contribution in [2.45, 2.75) is 32.5 Å². The largest absolute Gasteiger partial charge is 0.464 e. The van der Waals surface area contributed by atoms with E-state index in [0.29, 0.717) is 5.92 Å². The number of benzene rings is 1. The van der Waals surface area contributed by atoms with Crippen LogP contribution in [-0.2, 0) is 0 Å². The van der Waals surface area contributed by atoms with Gasteiger partial charge in [0.2, 0.25) is 0 Å². The van der Waals surface area contributed by atoms with Crippen molar-refractivity contribution in [1.29, 1.82) is 0 Å². The predicted molar refractivity (Wildman–Crippen MR) is 64.5 cm³/mol. The van der Waals surface area contributed by atoms with Gasteiger partial charge in [0.25, 0.3) is 0 Å². The second-order valence-corrected chi connectivity index (χ2v) is 4.35. The molecule has 2 radical (unpaired) electrons. The third-order valence-electron chi connectivity index (χ3n) is 2.79. The van der Waals surface area contributed by atoms with Crippen molar-refractivity contribution in [3.05, 3.63) is 35.6 Å². The van der Waals surface area contributed by atoms with Crippen LogP contribution in [0.4, 0.5) is 0 Å². The topological polar surface area (TPSA) is 13.1 Å². The molecular formula is C13H15BO. The Morgan fingerprint density at radius 3 is 2.33 bits per heavy atom. The van der Waals surface area contributed by atoms with E-state index in [-0.39, 0.29) is 5.82 Å². The van der Waals surface area contributed by atoms with Crippen LogP contribution >= 0.6 is 0 Å². The van der Waals surface area contributed by atoms with E-state index in [0.717, 1.165) is 11.1 Å². The van der Waals surface area contributed by atoms with Gasteiger partial charge in [-0.2, -0.15) is 0 Å². The van der Waals surface area contributed by atoms with Crippen LogP contribution in [0.2, 0.25) is 0 Å². The first-order valence-corrected chi connectivity index (χ1v) is 5.37. The molecule has 15 heavy (non-hydrogen) atoms. The van der Waals surface area contributed by atoms with Gasteiger partial charge in [-0.25, -0.2) is 0 Å². The second-order valence-electron chi connectivity index (χ2n) is 4.35. The van der Waals surface area contributed by atoms with E-state index >= 15 is 0 Å². The highest BCUT2D eigenvalue weighted by molar-refractivity contribution is 6.13. The summed E-state index contributed by atoms with van der Waals surface area (Å²) in [6.07, 6.45) is 1.74. The molecule has 0 bridgehead atoms. The first kappa shape index (κ1) is 10.3. The van der Waals surface area contributed by atoms with Gasteiger partial charge in [-0.05, 0) is 23.1 Å². The highest BCUT2D eigenvalue weighted by Crippen LogP contribution is 2.31. The zero-order valence-corrected chi connectivity index (χ0v) is 9.45. The second kappa shape index (κ2) is 3.76. The molecule has 2 heteroatoms. The van der Waals surface area contributed by atoms with E-state index in [2.05, 4.69) is 26.0 Å². The predicted octanol–water partition coefficient (Wildman–Crippen LogP) is 3.79. The lowest BCUT2D eigenvalue weighted by Gasteiger charge is -2.11. The van der Waals surface area contributed by atoms with Crippen molar-refractivity contribution >= 4 is 18.8 Å². The molecule has 1 atom stereocenters. The summed E-state index contributed by atoms with van der Waals surface area (Å²) in [4.78, 5) is 0. The van der Waals surface area contributed by atoms with Crippen molar-refractivity contribution in [2.24, 2.45) is 0 Å². The monoisotopic (exact) mass is 198 g/mol. The first-order chi connectivity index (χ1) is 7.11. The average Bonchev–Trinajstić information content (AvgIpc) is 2.63. The zero-order chi connectivity index (χ0) is 11.0. The molecule has 1 nitrogen and oxygen atoms in total. The van der Waals surface area contributed by atoms with Gasteiger partial charge in [-0.1, -0.05) is 38.7 Å². The minimum Gasteiger partial charge on any atom is -0.464 e. The summed E-state index contributed by atoms with van der Waals surface area (Å²) in [5.74, 6) is 0.520. The normalized spacial score (nSPS) is 13.6. The fraction of sp³-hybridized carbons (Fsp3) is 0.385. The van der Waals surface area contributed by atoms with Gasteiger partial charge in [0.15, 0.2) is 0 Å².